The van der Waals surface area contributed by atoms with E-state index in [1.54, 1.807) is 0 Å². The Hall–Kier alpha value is -0.700. The van der Waals surface area contributed by atoms with Crippen molar-refractivity contribution in [1.82, 2.24) is 9.44 Å². The molecule has 0 amide bonds. The molecule has 2 atom stereocenters. The van der Waals surface area contributed by atoms with Crippen molar-refractivity contribution in [3.63, 3.8) is 0 Å². The van der Waals surface area contributed by atoms with Gasteiger partial charge in [-0.3, -0.25) is 4.79 Å². The van der Waals surface area contributed by atoms with Gasteiger partial charge in [-0.1, -0.05) is 0 Å². The van der Waals surface area contributed by atoms with E-state index in [-0.39, 0.29) is 6.04 Å². The first kappa shape index (κ1) is 12.4. The predicted molar refractivity (Wildman–Crippen MR) is 51.3 cm³/mol. The maximum Gasteiger partial charge on any atom is 0.324 e. The SMILES string of the molecule is CC(O)C(NS(=O)(=O)NC1CC1)C(=O)O. The Kier molecular flexibility index (Phi) is 3.66. The smallest absolute Gasteiger partial charge is 0.324 e. The van der Waals surface area contributed by atoms with Crippen molar-refractivity contribution in [3.05, 3.63) is 0 Å². The summed E-state index contributed by atoms with van der Waals surface area (Å²) in [6.45, 7) is 1.21. The fourth-order valence-corrected chi connectivity index (χ4v) is 2.35. The Morgan fingerprint density at radius 1 is 1.47 bits per heavy atom. The number of carboxylic acids is 1. The monoisotopic (exact) mass is 238 g/mol. The molecule has 15 heavy (non-hydrogen) atoms. The Morgan fingerprint density at radius 2 is 2.00 bits per heavy atom. The summed E-state index contributed by atoms with van der Waals surface area (Å²) < 4.78 is 26.7. The Bertz CT molecular complexity index is 335. The van der Waals surface area contributed by atoms with Crippen molar-refractivity contribution < 1.29 is 23.4 Å². The minimum Gasteiger partial charge on any atom is -0.480 e. The van der Waals surface area contributed by atoms with Gasteiger partial charge in [0.1, 0.15) is 6.04 Å². The number of nitrogens with one attached hydrogen (secondary N) is 2. The zero-order valence-corrected chi connectivity index (χ0v) is 8.99. The first-order valence-corrected chi connectivity index (χ1v) is 6.00. The number of hydrogen-bond acceptors (Lipinski definition) is 4. The molecular weight excluding hydrogens is 224 g/mol. The van der Waals surface area contributed by atoms with Crippen molar-refractivity contribution >= 4 is 16.2 Å². The molecule has 0 radical (unpaired) electrons. The highest BCUT2D eigenvalue weighted by Gasteiger charge is 2.32. The van der Waals surface area contributed by atoms with E-state index in [1.165, 1.54) is 6.92 Å². The van der Waals surface area contributed by atoms with Crippen molar-refractivity contribution in [2.45, 2.75) is 38.0 Å². The summed E-state index contributed by atoms with van der Waals surface area (Å²) in [5.74, 6) is -1.41. The molecule has 0 aliphatic heterocycles. The van der Waals surface area contributed by atoms with Crippen molar-refractivity contribution in [3.8, 4) is 0 Å². The van der Waals surface area contributed by atoms with Crippen LogP contribution >= 0.6 is 0 Å². The maximum absolute atomic E-state index is 11.3. The van der Waals surface area contributed by atoms with Crippen LogP contribution in [0.2, 0.25) is 0 Å². The third-order valence-corrected chi connectivity index (χ3v) is 3.14. The van der Waals surface area contributed by atoms with E-state index < -0.39 is 28.3 Å². The summed E-state index contributed by atoms with van der Waals surface area (Å²) in [4.78, 5) is 10.6. The molecule has 4 N–H and O–H groups in total. The molecule has 0 saturated heterocycles. The lowest BCUT2D eigenvalue weighted by Gasteiger charge is -2.17. The minimum absolute atomic E-state index is 0.106. The highest BCUT2D eigenvalue weighted by atomic mass is 32.2. The molecule has 1 rings (SSSR count). The van der Waals surface area contributed by atoms with Crippen LogP contribution in [0, 0.1) is 0 Å². The topological polar surface area (TPSA) is 116 Å². The van der Waals surface area contributed by atoms with Crippen LogP contribution in [0.3, 0.4) is 0 Å². The second-order valence-corrected chi connectivity index (χ2v) is 5.05. The zero-order chi connectivity index (χ0) is 11.6. The molecule has 88 valence electrons. The standard InChI is InChI=1S/C7H14N2O5S/c1-4(10)6(7(11)12)9-15(13,14)8-5-2-3-5/h4-6,8-10H,2-3H2,1H3,(H,11,12). The lowest BCUT2D eigenvalue weighted by atomic mass is 10.2. The van der Waals surface area contributed by atoms with Crippen LogP contribution in [0.15, 0.2) is 0 Å². The predicted octanol–water partition coefficient (Wildman–Crippen LogP) is -1.59. The number of aliphatic carboxylic acids is 1. The molecule has 2 unspecified atom stereocenters. The molecule has 0 bridgehead atoms. The lowest BCUT2D eigenvalue weighted by molar-refractivity contribution is -0.141. The second kappa shape index (κ2) is 4.44. The zero-order valence-electron chi connectivity index (χ0n) is 8.17. The molecule has 0 spiro atoms. The number of carbonyl (C=O) groups is 1. The number of carboxylic acid groups (broad SMARTS) is 1. The molecule has 0 aromatic carbocycles. The third-order valence-electron chi connectivity index (χ3n) is 1.93. The normalized spacial score (nSPS) is 20.9. The molecule has 1 fully saturated rings. The van der Waals surface area contributed by atoms with E-state index in [9.17, 15) is 13.2 Å². The number of rotatable bonds is 6. The average molecular weight is 238 g/mol. The molecule has 1 saturated carbocycles. The van der Waals surface area contributed by atoms with Gasteiger partial charge < -0.3 is 10.2 Å². The maximum atomic E-state index is 11.3. The van der Waals surface area contributed by atoms with Gasteiger partial charge in [0, 0.05) is 6.04 Å². The van der Waals surface area contributed by atoms with Crippen molar-refractivity contribution in [1.29, 1.82) is 0 Å². The second-order valence-electron chi connectivity index (χ2n) is 3.57. The number of hydrogen-bond donors (Lipinski definition) is 4. The Balaban J connectivity index is 2.59. The van der Waals surface area contributed by atoms with Crippen LogP contribution in [0.1, 0.15) is 19.8 Å². The van der Waals surface area contributed by atoms with Gasteiger partial charge in [-0.05, 0) is 19.8 Å². The van der Waals surface area contributed by atoms with Crippen LogP contribution in [0.5, 0.6) is 0 Å². The van der Waals surface area contributed by atoms with E-state index in [4.69, 9.17) is 10.2 Å². The van der Waals surface area contributed by atoms with E-state index in [1.807, 2.05) is 4.72 Å². The van der Waals surface area contributed by atoms with Gasteiger partial charge in [-0.2, -0.15) is 17.9 Å². The van der Waals surface area contributed by atoms with Gasteiger partial charge >= 0.3 is 5.97 Å². The summed E-state index contributed by atoms with van der Waals surface area (Å²) in [6.07, 6.45) is 0.221. The summed E-state index contributed by atoms with van der Waals surface area (Å²) in [6, 6.07) is -1.63. The fourth-order valence-electron chi connectivity index (χ4n) is 0.977. The van der Waals surface area contributed by atoms with Gasteiger partial charge in [-0.15, -0.1) is 0 Å². The van der Waals surface area contributed by atoms with Gasteiger partial charge in [0.2, 0.25) is 0 Å². The summed E-state index contributed by atoms with van der Waals surface area (Å²) >= 11 is 0. The van der Waals surface area contributed by atoms with Crippen LogP contribution in [-0.4, -0.2) is 42.8 Å². The third kappa shape index (κ3) is 4.12. The van der Waals surface area contributed by atoms with E-state index in [0.29, 0.717) is 0 Å². The summed E-state index contributed by atoms with van der Waals surface area (Å²) in [5.41, 5.74) is 0. The first-order valence-electron chi connectivity index (χ1n) is 4.52. The molecule has 0 aromatic heterocycles. The largest absolute Gasteiger partial charge is 0.480 e. The Labute approximate surface area is 87.7 Å². The molecule has 7 nitrogen and oxygen atoms in total. The number of aliphatic hydroxyl groups is 1. The quantitative estimate of drug-likeness (QED) is 0.445. The molecule has 0 heterocycles. The fraction of sp³-hybridized carbons (Fsp3) is 0.857. The summed E-state index contributed by atoms with van der Waals surface area (Å²) in [7, 11) is -3.85. The van der Waals surface area contributed by atoms with E-state index >= 15 is 0 Å². The van der Waals surface area contributed by atoms with Gasteiger partial charge in [0.15, 0.2) is 0 Å². The minimum atomic E-state index is -3.85. The lowest BCUT2D eigenvalue weighted by Crippen LogP contribution is -2.51. The van der Waals surface area contributed by atoms with Crippen LogP contribution < -0.4 is 9.44 Å². The van der Waals surface area contributed by atoms with Gasteiger partial charge in [-0.25, -0.2) is 0 Å². The summed E-state index contributed by atoms with van der Waals surface area (Å²) in [5, 5.41) is 17.7. The number of aliphatic hydroxyl groups excluding tert-OH is 1. The highest BCUT2D eigenvalue weighted by Crippen LogP contribution is 2.19. The van der Waals surface area contributed by atoms with Crippen LogP contribution in [0.25, 0.3) is 0 Å². The first-order chi connectivity index (χ1) is 6.82. The molecule has 0 aromatic rings. The van der Waals surface area contributed by atoms with E-state index in [2.05, 4.69) is 4.72 Å². The van der Waals surface area contributed by atoms with Crippen molar-refractivity contribution in [2.75, 3.05) is 0 Å². The van der Waals surface area contributed by atoms with Gasteiger partial charge in [0.25, 0.3) is 10.2 Å². The molecule has 1 aliphatic carbocycles. The molecule has 8 heteroatoms. The average Bonchev–Trinajstić information content (AvgIpc) is 2.82. The van der Waals surface area contributed by atoms with Crippen LogP contribution in [-0.2, 0) is 15.0 Å². The molecule has 1 aliphatic rings. The van der Waals surface area contributed by atoms with Gasteiger partial charge in [0.05, 0.1) is 6.10 Å². The van der Waals surface area contributed by atoms with E-state index in [0.717, 1.165) is 12.8 Å². The molecular formula is C7H14N2O5S. The van der Waals surface area contributed by atoms with Crippen molar-refractivity contribution in [2.24, 2.45) is 0 Å². The Morgan fingerprint density at radius 3 is 2.33 bits per heavy atom. The van der Waals surface area contributed by atoms with Crippen LogP contribution in [0.4, 0.5) is 0 Å². The highest BCUT2D eigenvalue weighted by molar-refractivity contribution is 7.87.